The molecule has 1 N–H and O–H groups in total. The molecule has 0 aliphatic carbocycles. The second-order valence-corrected chi connectivity index (χ2v) is 6.15. The molecule has 100 valence electrons. The van der Waals surface area contributed by atoms with Crippen molar-refractivity contribution in [3.05, 3.63) is 33.9 Å². The summed E-state index contributed by atoms with van der Waals surface area (Å²) in [4.78, 5) is 11.3. The van der Waals surface area contributed by atoms with Gasteiger partial charge in [-0.15, -0.1) is 11.8 Å². The summed E-state index contributed by atoms with van der Waals surface area (Å²) in [6, 6.07) is 4.93. The van der Waals surface area contributed by atoms with Gasteiger partial charge in [-0.2, -0.15) is 0 Å². The molecule has 0 aliphatic rings. The molecule has 0 spiro atoms. The highest BCUT2D eigenvalue weighted by Crippen LogP contribution is 2.36. The molecule has 18 heavy (non-hydrogen) atoms. The van der Waals surface area contributed by atoms with Crippen molar-refractivity contribution in [2.45, 2.75) is 43.9 Å². The van der Waals surface area contributed by atoms with Crippen LogP contribution in [0.2, 0.25) is 0 Å². The average molecular weight is 269 g/mol. The number of nitro benzene ring substituents is 1. The molecule has 0 saturated heterocycles. The first-order valence-corrected chi connectivity index (χ1v) is 6.84. The van der Waals surface area contributed by atoms with Gasteiger partial charge in [-0.3, -0.25) is 10.1 Å². The third-order valence-corrected chi connectivity index (χ3v) is 4.43. The van der Waals surface area contributed by atoms with Crippen molar-refractivity contribution in [1.29, 1.82) is 0 Å². The molecule has 1 aromatic rings. The lowest BCUT2D eigenvalue weighted by Gasteiger charge is -2.15. The summed E-state index contributed by atoms with van der Waals surface area (Å²) in [6.45, 7) is 7.84. The summed E-state index contributed by atoms with van der Waals surface area (Å²) >= 11 is 1.50. The van der Waals surface area contributed by atoms with E-state index >= 15 is 0 Å². The van der Waals surface area contributed by atoms with Crippen molar-refractivity contribution < 1.29 is 10.0 Å². The molecule has 2 atom stereocenters. The van der Waals surface area contributed by atoms with Crippen LogP contribution in [-0.4, -0.2) is 15.3 Å². The van der Waals surface area contributed by atoms with E-state index < -0.39 is 6.10 Å². The van der Waals surface area contributed by atoms with E-state index in [1.54, 1.807) is 19.1 Å². The van der Waals surface area contributed by atoms with Gasteiger partial charge in [0.05, 0.1) is 15.9 Å². The van der Waals surface area contributed by atoms with E-state index in [0.29, 0.717) is 21.6 Å². The predicted molar refractivity (Wildman–Crippen MR) is 73.9 cm³/mol. The van der Waals surface area contributed by atoms with Crippen molar-refractivity contribution in [3.8, 4) is 0 Å². The van der Waals surface area contributed by atoms with Crippen LogP contribution < -0.4 is 0 Å². The standard InChI is InChI=1S/C13H19NO3S/c1-8(2)10(4)18-13-6-5-11(9(3)15)7-12(13)14(16)17/h5-10,15H,1-4H3/t9-,10?/m1/s1. The number of hydrogen-bond acceptors (Lipinski definition) is 4. The zero-order valence-electron chi connectivity index (χ0n) is 11.1. The van der Waals surface area contributed by atoms with Crippen molar-refractivity contribution >= 4 is 17.4 Å². The van der Waals surface area contributed by atoms with Crippen LogP contribution in [0.1, 0.15) is 39.4 Å². The van der Waals surface area contributed by atoms with Crippen LogP contribution >= 0.6 is 11.8 Å². The third kappa shape index (κ3) is 3.71. The second kappa shape index (κ2) is 6.20. The van der Waals surface area contributed by atoms with Gasteiger partial charge in [-0.05, 0) is 24.5 Å². The minimum absolute atomic E-state index is 0.0749. The van der Waals surface area contributed by atoms with E-state index in [4.69, 9.17) is 0 Å². The maximum absolute atomic E-state index is 11.1. The average Bonchev–Trinajstić information content (AvgIpc) is 2.28. The van der Waals surface area contributed by atoms with Crippen LogP contribution in [0.15, 0.2) is 23.1 Å². The number of benzene rings is 1. The highest BCUT2D eigenvalue weighted by Gasteiger charge is 2.19. The Morgan fingerprint density at radius 2 is 1.89 bits per heavy atom. The van der Waals surface area contributed by atoms with Gasteiger partial charge in [0.25, 0.3) is 5.69 Å². The minimum atomic E-state index is -0.690. The maximum Gasteiger partial charge on any atom is 0.283 e. The van der Waals surface area contributed by atoms with Crippen molar-refractivity contribution in [2.24, 2.45) is 5.92 Å². The summed E-state index contributed by atoms with van der Waals surface area (Å²) < 4.78 is 0. The van der Waals surface area contributed by atoms with Crippen LogP contribution in [0.4, 0.5) is 5.69 Å². The van der Waals surface area contributed by atoms with Gasteiger partial charge in [0, 0.05) is 11.3 Å². The first-order chi connectivity index (χ1) is 8.32. The number of hydrogen-bond donors (Lipinski definition) is 1. The molecule has 1 unspecified atom stereocenters. The van der Waals surface area contributed by atoms with Crippen molar-refractivity contribution in [1.82, 2.24) is 0 Å². The normalized spacial score (nSPS) is 14.6. The Morgan fingerprint density at radius 3 is 2.33 bits per heavy atom. The minimum Gasteiger partial charge on any atom is -0.389 e. The molecule has 4 nitrogen and oxygen atoms in total. The lowest BCUT2D eigenvalue weighted by atomic mass is 10.1. The zero-order chi connectivity index (χ0) is 13.9. The van der Waals surface area contributed by atoms with E-state index in [9.17, 15) is 15.2 Å². The number of rotatable bonds is 5. The van der Waals surface area contributed by atoms with Gasteiger partial charge in [0.15, 0.2) is 0 Å². The molecule has 0 aliphatic heterocycles. The topological polar surface area (TPSA) is 63.4 Å². The molecule has 0 saturated carbocycles. The summed E-state index contributed by atoms with van der Waals surface area (Å²) in [5, 5.41) is 20.8. The monoisotopic (exact) mass is 269 g/mol. The molecule has 0 amide bonds. The Kier molecular flexibility index (Phi) is 5.16. The van der Waals surface area contributed by atoms with Gasteiger partial charge in [-0.1, -0.05) is 26.8 Å². The zero-order valence-corrected chi connectivity index (χ0v) is 11.9. The van der Waals surface area contributed by atoms with Gasteiger partial charge in [-0.25, -0.2) is 0 Å². The number of aliphatic hydroxyl groups excluding tert-OH is 1. The number of aliphatic hydroxyl groups is 1. The molecule has 5 heteroatoms. The maximum atomic E-state index is 11.1. The lowest BCUT2D eigenvalue weighted by Crippen LogP contribution is -2.06. The third-order valence-electron chi connectivity index (χ3n) is 2.91. The van der Waals surface area contributed by atoms with Crippen LogP contribution in [0.3, 0.4) is 0 Å². The van der Waals surface area contributed by atoms with Crippen LogP contribution in [-0.2, 0) is 0 Å². The molecular formula is C13H19NO3S. The van der Waals surface area contributed by atoms with Gasteiger partial charge < -0.3 is 5.11 Å². The molecule has 0 heterocycles. The molecule has 0 radical (unpaired) electrons. The van der Waals surface area contributed by atoms with E-state index in [2.05, 4.69) is 20.8 Å². The Bertz CT molecular complexity index is 432. The second-order valence-electron chi connectivity index (χ2n) is 4.73. The summed E-state index contributed by atoms with van der Waals surface area (Å²) in [5.41, 5.74) is 0.647. The smallest absolute Gasteiger partial charge is 0.283 e. The molecule has 0 fully saturated rings. The lowest BCUT2D eigenvalue weighted by molar-refractivity contribution is -0.387. The summed E-state index contributed by atoms with van der Waals surface area (Å²) in [6.07, 6.45) is -0.690. The fourth-order valence-corrected chi connectivity index (χ4v) is 2.45. The molecule has 1 rings (SSSR count). The Labute approximate surface area is 112 Å². The van der Waals surface area contributed by atoms with Gasteiger partial charge >= 0.3 is 0 Å². The highest BCUT2D eigenvalue weighted by molar-refractivity contribution is 8.00. The number of nitro groups is 1. The first-order valence-electron chi connectivity index (χ1n) is 5.96. The fourth-order valence-electron chi connectivity index (χ4n) is 1.37. The first kappa shape index (κ1) is 15.0. The Morgan fingerprint density at radius 1 is 1.28 bits per heavy atom. The van der Waals surface area contributed by atoms with Crippen LogP contribution in [0, 0.1) is 16.0 Å². The predicted octanol–water partition coefficient (Wildman–Crippen LogP) is 3.78. The summed E-state index contributed by atoms with van der Waals surface area (Å²) in [7, 11) is 0. The Balaban J connectivity index is 3.08. The largest absolute Gasteiger partial charge is 0.389 e. The van der Waals surface area contributed by atoms with Crippen molar-refractivity contribution in [3.63, 3.8) is 0 Å². The Hall–Kier alpha value is -1.07. The molecule has 0 aromatic heterocycles. The van der Waals surface area contributed by atoms with Crippen LogP contribution in [0.5, 0.6) is 0 Å². The number of thioether (sulfide) groups is 1. The van der Waals surface area contributed by atoms with E-state index in [-0.39, 0.29) is 10.6 Å². The highest BCUT2D eigenvalue weighted by atomic mass is 32.2. The van der Waals surface area contributed by atoms with Crippen molar-refractivity contribution in [2.75, 3.05) is 0 Å². The summed E-state index contributed by atoms with van der Waals surface area (Å²) in [5.74, 6) is 0.450. The van der Waals surface area contributed by atoms with Gasteiger partial charge in [0.1, 0.15) is 0 Å². The number of nitrogens with zero attached hydrogens (tertiary/aromatic N) is 1. The van der Waals surface area contributed by atoms with E-state index in [0.717, 1.165) is 0 Å². The van der Waals surface area contributed by atoms with E-state index in [1.165, 1.54) is 17.8 Å². The fraction of sp³-hybridized carbons (Fsp3) is 0.538. The SMILES string of the molecule is CC(C)C(C)Sc1ccc([C@@H](C)O)cc1[N+](=O)[O-]. The van der Waals surface area contributed by atoms with E-state index in [1.807, 2.05) is 0 Å². The molecule has 1 aromatic carbocycles. The molecule has 0 bridgehead atoms. The quantitative estimate of drug-likeness (QED) is 0.502. The molecular weight excluding hydrogens is 250 g/mol. The van der Waals surface area contributed by atoms with Gasteiger partial charge in [0.2, 0.25) is 0 Å². The van der Waals surface area contributed by atoms with Crippen LogP contribution in [0.25, 0.3) is 0 Å².